The Hall–Kier alpha value is -1.32. The zero-order valence-electron chi connectivity index (χ0n) is 6.41. The summed E-state index contributed by atoms with van der Waals surface area (Å²) in [6.45, 7) is 1.97. The third-order valence-corrected chi connectivity index (χ3v) is 1.83. The standard InChI is InChI=1S/C7H10N4/c1-11-5-4-8-6-2-3-9-10-7(6)11/h2-3,8H,4-5H2,1H3. The maximum Gasteiger partial charge on any atom is 0.174 e. The van der Waals surface area contributed by atoms with E-state index in [0.29, 0.717) is 0 Å². The molecule has 0 amide bonds. The fourth-order valence-electron chi connectivity index (χ4n) is 1.21. The maximum atomic E-state index is 4.01. The molecule has 4 heteroatoms. The van der Waals surface area contributed by atoms with E-state index < -0.39 is 0 Å². The average Bonchev–Trinajstić information content (AvgIpc) is 2.06. The Balaban J connectivity index is 2.44. The van der Waals surface area contributed by atoms with Crippen LogP contribution in [0.3, 0.4) is 0 Å². The predicted molar refractivity (Wildman–Crippen MR) is 43.8 cm³/mol. The Morgan fingerprint density at radius 2 is 2.55 bits per heavy atom. The average molecular weight is 150 g/mol. The van der Waals surface area contributed by atoms with Gasteiger partial charge in [-0.05, 0) is 6.07 Å². The zero-order chi connectivity index (χ0) is 7.68. The molecule has 1 aromatic rings. The van der Waals surface area contributed by atoms with Gasteiger partial charge in [-0.3, -0.25) is 0 Å². The first-order valence-corrected chi connectivity index (χ1v) is 3.64. The molecule has 0 fully saturated rings. The van der Waals surface area contributed by atoms with Crippen molar-refractivity contribution >= 4 is 11.5 Å². The van der Waals surface area contributed by atoms with Crippen molar-refractivity contribution in [2.45, 2.75) is 0 Å². The van der Waals surface area contributed by atoms with Gasteiger partial charge in [0.15, 0.2) is 5.82 Å². The van der Waals surface area contributed by atoms with Gasteiger partial charge < -0.3 is 10.2 Å². The van der Waals surface area contributed by atoms with E-state index in [9.17, 15) is 0 Å². The first-order valence-electron chi connectivity index (χ1n) is 3.64. The molecular formula is C7H10N4. The molecule has 0 aromatic carbocycles. The number of hydrogen-bond donors (Lipinski definition) is 1. The van der Waals surface area contributed by atoms with Crippen LogP contribution in [0.5, 0.6) is 0 Å². The fourth-order valence-corrected chi connectivity index (χ4v) is 1.21. The van der Waals surface area contributed by atoms with Gasteiger partial charge in [-0.15, -0.1) is 5.10 Å². The molecule has 58 valence electrons. The molecule has 0 radical (unpaired) electrons. The molecule has 1 aliphatic heterocycles. The van der Waals surface area contributed by atoms with E-state index in [2.05, 4.69) is 20.4 Å². The Kier molecular flexibility index (Phi) is 1.38. The fraction of sp³-hybridized carbons (Fsp3) is 0.429. The van der Waals surface area contributed by atoms with Gasteiger partial charge in [0.25, 0.3) is 0 Å². The van der Waals surface area contributed by atoms with Crippen LogP contribution in [-0.4, -0.2) is 30.3 Å². The number of likely N-dealkylation sites (N-methyl/N-ethyl adjacent to an activating group) is 1. The molecule has 2 heterocycles. The smallest absolute Gasteiger partial charge is 0.174 e. The summed E-state index contributed by atoms with van der Waals surface area (Å²) in [5.74, 6) is 0.943. The topological polar surface area (TPSA) is 41.0 Å². The molecule has 1 N–H and O–H groups in total. The number of hydrogen-bond acceptors (Lipinski definition) is 4. The normalized spacial score (nSPS) is 15.5. The molecule has 1 aromatic heterocycles. The number of anilines is 2. The largest absolute Gasteiger partial charge is 0.380 e. The molecule has 0 aliphatic carbocycles. The lowest BCUT2D eigenvalue weighted by atomic mass is 10.3. The van der Waals surface area contributed by atoms with Crippen LogP contribution in [0.15, 0.2) is 12.3 Å². The number of nitrogens with one attached hydrogen (secondary N) is 1. The minimum Gasteiger partial charge on any atom is -0.380 e. The lowest BCUT2D eigenvalue weighted by Gasteiger charge is -2.25. The highest BCUT2D eigenvalue weighted by Crippen LogP contribution is 2.22. The summed E-state index contributed by atoms with van der Waals surface area (Å²) in [5, 5.41) is 11.1. The summed E-state index contributed by atoms with van der Waals surface area (Å²) >= 11 is 0. The van der Waals surface area contributed by atoms with Gasteiger partial charge in [-0.1, -0.05) is 0 Å². The summed E-state index contributed by atoms with van der Waals surface area (Å²) in [5.41, 5.74) is 1.08. The van der Waals surface area contributed by atoms with Crippen LogP contribution in [0.4, 0.5) is 11.5 Å². The second-order valence-electron chi connectivity index (χ2n) is 2.62. The third-order valence-electron chi connectivity index (χ3n) is 1.83. The van der Waals surface area contributed by atoms with E-state index in [1.165, 1.54) is 0 Å². The van der Waals surface area contributed by atoms with E-state index in [1.807, 2.05) is 13.1 Å². The van der Waals surface area contributed by atoms with Crippen LogP contribution in [0.2, 0.25) is 0 Å². The minimum absolute atomic E-state index is 0.943. The summed E-state index contributed by atoms with van der Waals surface area (Å²) in [6, 6.07) is 1.94. The number of aromatic nitrogens is 2. The second kappa shape index (κ2) is 2.38. The molecule has 0 saturated carbocycles. The van der Waals surface area contributed by atoms with Crippen molar-refractivity contribution < 1.29 is 0 Å². The number of rotatable bonds is 0. The Labute approximate surface area is 65.2 Å². The van der Waals surface area contributed by atoms with Crippen LogP contribution < -0.4 is 10.2 Å². The summed E-state index contributed by atoms with van der Waals surface area (Å²) < 4.78 is 0. The first kappa shape index (κ1) is 6.39. The highest BCUT2D eigenvalue weighted by atomic mass is 15.3. The third kappa shape index (κ3) is 1.00. The summed E-state index contributed by atoms with van der Waals surface area (Å²) in [7, 11) is 2.02. The van der Waals surface area contributed by atoms with E-state index in [0.717, 1.165) is 24.6 Å². The second-order valence-corrected chi connectivity index (χ2v) is 2.62. The van der Waals surface area contributed by atoms with Gasteiger partial charge in [0, 0.05) is 20.1 Å². The molecule has 2 rings (SSSR count). The number of fused-ring (bicyclic) bond motifs is 1. The van der Waals surface area contributed by atoms with Crippen LogP contribution in [0, 0.1) is 0 Å². The van der Waals surface area contributed by atoms with Crippen LogP contribution in [-0.2, 0) is 0 Å². The van der Waals surface area contributed by atoms with E-state index in [1.54, 1.807) is 6.20 Å². The maximum absolute atomic E-state index is 4.01. The van der Waals surface area contributed by atoms with Gasteiger partial charge in [-0.25, -0.2) is 0 Å². The van der Waals surface area contributed by atoms with E-state index >= 15 is 0 Å². The minimum atomic E-state index is 0.943. The SMILES string of the molecule is CN1CCNc2ccnnc21. The Bertz CT molecular complexity index is 260. The van der Waals surface area contributed by atoms with Gasteiger partial charge in [0.1, 0.15) is 0 Å². The van der Waals surface area contributed by atoms with Crippen LogP contribution >= 0.6 is 0 Å². The molecule has 4 nitrogen and oxygen atoms in total. The van der Waals surface area contributed by atoms with Crippen molar-refractivity contribution in [3.63, 3.8) is 0 Å². The van der Waals surface area contributed by atoms with Crippen LogP contribution in [0.1, 0.15) is 0 Å². The van der Waals surface area contributed by atoms with Crippen LogP contribution in [0.25, 0.3) is 0 Å². The molecule has 11 heavy (non-hydrogen) atoms. The van der Waals surface area contributed by atoms with Crippen molar-refractivity contribution in [1.82, 2.24) is 10.2 Å². The molecule has 0 atom stereocenters. The summed E-state index contributed by atoms with van der Waals surface area (Å²) in [4.78, 5) is 2.10. The summed E-state index contributed by atoms with van der Waals surface area (Å²) in [6.07, 6.45) is 1.70. The van der Waals surface area contributed by atoms with Crippen molar-refractivity contribution in [3.05, 3.63) is 12.3 Å². The highest BCUT2D eigenvalue weighted by molar-refractivity contribution is 5.66. The van der Waals surface area contributed by atoms with E-state index in [4.69, 9.17) is 0 Å². The Morgan fingerprint density at radius 3 is 3.36 bits per heavy atom. The van der Waals surface area contributed by atoms with Crippen molar-refractivity contribution in [2.75, 3.05) is 30.4 Å². The van der Waals surface area contributed by atoms with Crippen molar-refractivity contribution in [2.24, 2.45) is 0 Å². The van der Waals surface area contributed by atoms with Gasteiger partial charge in [0.05, 0.1) is 11.9 Å². The van der Waals surface area contributed by atoms with Gasteiger partial charge in [0.2, 0.25) is 0 Å². The van der Waals surface area contributed by atoms with E-state index in [-0.39, 0.29) is 0 Å². The highest BCUT2D eigenvalue weighted by Gasteiger charge is 2.12. The molecule has 0 saturated heterocycles. The lowest BCUT2D eigenvalue weighted by molar-refractivity contribution is 0.837. The monoisotopic (exact) mass is 150 g/mol. The Morgan fingerprint density at radius 1 is 1.64 bits per heavy atom. The van der Waals surface area contributed by atoms with Crippen molar-refractivity contribution in [1.29, 1.82) is 0 Å². The van der Waals surface area contributed by atoms with Gasteiger partial charge >= 0.3 is 0 Å². The molecule has 0 bridgehead atoms. The molecule has 1 aliphatic rings. The lowest BCUT2D eigenvalue weighted by Crippen LogP contribution is -2.31. The quantitative estimate of drug-likeness (QED) is 0.579. The molecular weight excluding hydrogens is 140 g/mol. The first-order chi connectivity index (χ1) is 5.38. The molecule has 0 spiro atoms. The van der Waals surface area contributed by atoms with Gasteiger partial charge in [-0.2, -0.15) is 5.10 Å². The van der Waals surface area contributed by atoms with Crippen molar-refractivity contribution in [3.8, 4) is 0 Å². The molecule has 0 unspecified atom stereocenters. The number of nitrogens with zero attached hydrogens (tertiary/aromatic N) is 3. The predicted octanol–water partition coefficient (Wildman–Crippen LogP) is 0.338. The zero-order valence-corrected chi connectivity index (χ0v) is 6.41.